The number of methoxy groups -OCH3 is 2. The molecular weight excluding hydrogens is 444 g/mol. The molecule has 1 heterocycles. The van der Waals surface area contributed by atoms with Crippen LogP contribution in [-0.4, -0.2) is 44.4 Å². The highest BCUT2D eigenvalue weighted by atomic mass is 32.2. The Labute approximate surface area is 196 Å². The van der Waals surface area contributed by atoms with Crippen LogP contribution in [0.4, 0.5) is 0 Å². The van der Waals surface area contributed by atoms with Crippen LogP contribution in [0.1, 0.15) is 27.4 Å². The number of nitrogens with one attached hydrogen (secondary N) is 1. The lowest BCUT2D eigenvalue weighted by molar-refractivity contribution is -0.124. The Kier molecular flexibility index (Phi) is 8.77. The predicted molar refractivity (Wildman–Crippen MR) is 124 cm³/mol. The maximum absolute atomic E-state index is 12.5. The number of nitrogens with zero attached hydrogens (tertiary/aromatic N) is 1. The Morgan fingerprint density at radius 3 is 2.58 bits per heavy atom. The number of aryl methyl sites for hydroxylation is 1. The molecule has 0 spiro atoms. The fraction of sp³-hybridized carbons (Fsp3) is 0.292. The van der Waals surface area contributed by atoms with Crippen LogP contribution in [0.25, 0.3) is 0 Å². The average Bonchev–Trinajstić information content (AvgIpc) is 3.26. The maximum atomic E-state index is 12.5. The van der Waals surface area contributed by atoms with Crippen molar-refractivity contribution in [2.45, 2.75) is 24.0 Å². The van der Waals surface area contributed by atoms with E-state index in [9.17, 15) is 9.59 Å². The number of aromatic nitrogens is 1. The van der Waals surface area contributed by atoms with Crippen molar-refractivity contribution in [2.75, 3.05) is 27.4 Å². The molecule has 0 unspecified atom stereocenters. The van der Waals surface area contributed by atoms with Crippen molar-refractivity contribution < 1.29 is 28.3 Å². The van der Waals surface area contributed by atoms with Crippen molar-refractivity contribution in [2.24, 2.45) is 0 Å². The van der Waals surface area contributed by atoms with Gasteiger partial charge in [0.05, 0.1) is 31.2 Å². The number of thioether (sulfide) groups is 1. The van der Waals surface area contributed by atoms with Crippen LogP contribution in [0.2, 0.25) is 0 Å². The van der Waals surface area contributed by atoms with Crippen LogP contribution in [0, 0.1) is 6.92 Å². The van der Waals surface area contributed by atoms with Crippen LogP contribution in [0.3, 0.4) is 0 Å². The summed E-state index contributed by atoms with van der Waals surface area (Å²) >= 11 is 1.44. The molecule has 0 fully saturated rings. The van der Waals surface area contributed by atoms with Gasteiger partial charge >= 0.3 is 5.97 Å². The Morgan fingerprint density at radius 2 is 1.85 bits per heavy atom. The van der Waals surface area contributed by atoms with E-state index in [4.69, 9.17) is 18.7 Å². The molecule has 0 saturated carbocycles. The minimum Gasteiger partial charge on any atom is -0.493 e. The smallest absolute Gasteiger partial charge is 0.339 e. The highest BCUT2D eigenvalue weighted by Gasteiger charge is 2.15. The van der Waals surface area contributed by atoms with E-state index >= 15 is 0 Å². The number of carbonyl (C=O) groups is 2. The molecule has 174 valence electrons. The molecule has 1 amide bonds. The Bertz CT molecular complexity index is 1100. The molecule has 8 nitrogen and oxygen atoms in total. The van der Waals surface area contributed by atoms with E-state index in [1.807, 2.05) is 43.3 Å². The zero-order valence-corrected chi connectivity index (χ0v) is 19.6. The molecule has 0 aliphatic rings. The fourth-order valence-electron chi connectivity index (χ4n) is 3.04. The van der Waals surface area contributed by atoms with Gasteiger partial charge in [-0.3, -0.25) is 4.79 Å². The summed E-state index contributed by atoms with van der Waals surface area (Å²) < 4.78 is 20.9. The SMILES string of the molecule is COc1ccc(CCNC(=O)COC(=O)c2ccccc2SCc2cc(C)no2)cc1OC. The van der Waals surface area contributed by atoms with E-state index in [2.05, 4.69) is 10.5 Å². The van der Waals surface area contributed by atoms with E-state index in [0.29, 0.717) is 35.8 Å². The summed E-state index contributed by atoms with van der Waals surface area (Å²) in [5, 5.41) is 6.61. The standard InChI is InChI=1S/C24H26N2O6S/c1-16-12-18(32-26-16)15-33-22-7-5-4-6-19(22)24(28)31-14-23(27)25-11-10-17-8-9-20(29-2)21(13-17)30-3/h4-9,12-13H,10-11,14-15H2,1-3H3,(H,25,27). The van der Waals surface area contributed by atoms with Crippen LogP contribution in [0.15, 0.2) is 57.9 Å². The summed E-state index contributed by atoms with van der Waals surface area (Å²) in [6, 6.07) is 14.5. The van der Waals surface area contributed by atoms with Gasteiger partial charge in [0.15, 0.2) is 18.1 Å². The average molecular weight is 471 g/mol. The minimum absolute atomic E-state index is 0.356. The summed E-state index contributed by atoms with van der Waals surface area (Å²) in [5.74, 6) is 1.60. The molecule has 0 aliphatic heterocycles. The van der Waals surface area contributed by atoms with Crippen LogP contribution in [0.5, 0.6) is 11.5 Å². The molecule has 0 atom stereocenters. The molecule has 1 N–H and O–H groups in total. The number of amides is 1. The molecule has 9 heteroatoms. The van der Waals surface area contributed by atoms with Gasteiger partial charge in [0.25, 0.3) is 5.91 Å². The van der Waals surface area contributed by atoms with Gasteiger partial charge in [-0.1, -0.05) is 23.4 Å². The predicted octanol–water partition coefficient (Wildman–Crippen LogP) is 3.81. The van der Waals surface area contributed by atoms with Crippen LogP contribution >= 0.6 is 11.8 Å². The number of benzene rings is 2. The maximum Gasteiger partial charge on any atom is 0.339 e. The summed E-state index contributed by atoms with van der Waals surface area (Å²) in [7, 11) is 3.15. The fourth-order valence-corrected chi connectivity index (χ4v) is 3.95. The summed E-state index contributed by atoms with van der Waals surface area (Å²) in [4.78, 5) is 25.4. The third-order valence-electron chi connectivity index (χ3n) is 4.67. The van der Waals surface area contributed by atoms with Crippen molar-refractivity contribution in [3.8, 4) is 11.5 Å². The summed E-state index contributed by atoms with van der Waals surface area (Å²) in [6.45, 7) is 1.89. The number of hydrogen-bond acceptors (Lipinski definition) is 8. The lowest BCUT2D eigenvalue weighted by atomic mass is 10.1. The lowest BCUT2D eigenvalue weighted by Crippen LogP contribution is -2.30. The zero-order chi connectivity index (χ0) is 23.6. The number of hydrogen-bond donors (Lipinski definition) is 1. The molecule has 0 radical (unpaired) electrons. The van der Waals surface area contributed by atoms with Crippen LogP contribution < -0.4 is 14.8 Å². The summed E-state index contributed by atoms with van der Waals surface area (Å²) in [5.41, 5.74) is 2.19. The largest absolute Gasteiger partial charge is 0.493 e. The molecule has 3 rings (SSSR count). The van der Waals surface area contributed by atoms with Gasteiger partial charge < -0.3 is 24.1 Å². The Hall–Kier alpha value is -3.46. The van der Waals surface area contributed by atoms with Crippen LogP contribution in [-0.2, 0) is 21.7 Å². The van der Waals surface area contributed by atoms with Gasteiger partial charge in [0.2, 0.25) is 0 Å². The van der Waals surface area contributed by atoms with Gasteiger partial charge in [-0.2, -0.15) is 0 Å². The zero-order valence-electron chi connectivity index (χ0n) is 18.8. The first-order chi connectivity index (χ1) is 16.0. The number of rotatable bonds is 11. The second-order valence-corrected chi connectivity index (χ2v) is 8.10. The highest BCUT2D eigenvalue weighted by Crippen LogP contribution is 2.28. The number of carbonyl (C=O) groups excluding carboxylic acids is 2. The minimum atomic E-state index is -0.554. The first-order valence-electron chi connectivity index (χ1n) is 10.3. The molecule has 33 heavy (non-hydrogen) atoms. The van der Waals surface area contributed by atoms with E-state index < -0.39 is 5.97 Å². The molecule has 3 aromatic rings. The van der Waals surface area contributed by atoms with E-state index in [-0.39, 0.29) is 12.5 Å². The van der Waals surface area contributed by atoms with E-state index in [1.165, 1.54) is 11.8 Å². The molecule has 2 aromatic carbocycles. The molecule has 1 aromatic heterocycles. The van der Waals surface area contributed by atoms with Gasteiger partial charge in [0.1, 0.15) is 5.76 Å². The number of esters is 1. The molecule has 0 bridgehead atoms. The van der Waals surface area contributed by atoms with E-state index in [1.54, 1.807) is 26.4 Å². The highest BCUT2D eigenvalue weighted by molar-refractivity contribution is 7.98. The van der Waals surface area contributed by atoms with Gasteiger partial charge in [-0.25, -0.2) is 4.79 Å². The van der Waals surface area contributed by atoms with Crippen molar-refractivity contribution in [1.29, 1.82) is 0 Å². The Balaban J connectivity index is 1.46. The monoisotopic (exact) mass is 470 g/mol. The molecular formula is C24H26N2O6S. The second kappa shape index (κ2) is 12.0. The van der Waals surface area contributed by atoms with Crippen molar-refractivity contribution in [3.63, 3.8) is 0 Å². The first-order valence-corrected chi connectivity index (χ1v) is 11.3. The van der Waals surface area contributed by atoms with Crippen molar-refractivity contribution in [3.05, 3.63) is 71.1 Å². The normalized spacial score (nSPS) is 10.5. The first kappa shape index (κ1) is 24.2. The summed E-state index contributed by atoms with van der Waals surface area (Å²) in [6.07, 6.45) is 0.598. The topological polar surface area (TPSA) is 99.9 Å². The molecule has 0 saturated heterocycles. The Morgan fingerprint density at radius 1 is 1.06 bits per heavy atom. The third kappa shape index (κ3) is 7.01. The van der Waals surface area contributed by atoms with Crippen molar-refractivity contribution >= 4 is 23.6 Å². The quantitative estimate of drug-likeness (QED) is 0.334. The van der Waals surface area contributed by atoms with E-state index in [0.717, 1.165) is 21.9 Å². The van der Waals surface area contributed by atoms with Gasteiger partial charge in [-0.05, 0) is 43.2 Å². The number of ether oxygens (including phenoxy) is 3. The van der Waals surface area contributed by atoms with Crippen molar-refractivity contribution in [1.82, 2.24) is 10.5 Å². The van der Waals surface area contributed by atoms with Gasteiger partial charge in [-0.15, -0.1) is 11.8 Å². The van der Waals surface area contributed by atoms with Gasteiger partial charge in [0, 0.05) is 17.5 Å². The molecule has 0 aliphatic carbocycles. The second-order valence-electron chi connectivity index (χ2n) is 7.08. The third-order valence-corrected chi connectivity index (χ3v) is 5.77. The lowest BCUT2D eigenvalue weighted by Gasteiger charge is -2.11.